The molecular weight excluding hydrogens is 228 g/mol. The summed E-state index contributed by atoms with van der Waals surface area (Å²) in [5.41, 5.74) is 1.74. The second-order valence-corrected chi connectivity index (χ2v) is 4.30. The second kappa shape index (κ2) is 6.77. The molecule has 0 amide bonds. The Bertz CT molecular complexity index is 434. The van der Waals surface area contributed by atoms with E-state index in [4.69, 9.17) is 5.26 Å². The number of ether oxygens (including phenoxy) is 1. The van der Waals surface area contributed by atoms with E-state index in [2.05, 4.69) is 16.1 Å². The Hall–Kier alpha value is -1.86. The third kappa shape index (κ3) is 4.19. The number of carbonyl (C=O) groups is 1. The van der Waals surface area contributed by atoms with Crippen LogP contribution in [0.25, 0.3) is 0 Å². The first-order valence-corrected chi connectivity index (χ1v) is 5.89. The first-order valence-electron chi connectivity index (χ1n) is 5.89. The van der Waals surface area contributed by atoms with Crippen LogP contribution in [0, 0.1) is 11.3 Å². The van der Waals surface area contributed by atoms with Crippen LogP contribution in [0.3, 0.4) is 0 Å². The largest absolute Gasteiger partial charge is 0.469 e. The molecule has 0 saturated carbocycles. The standard InChI is InChI=1S/C14H18N2O2/c1-10(8-14(17)18-3)16-11(2)13-6-4-12(9-15)5-7-13/h4-7,10-11,16H,8H2,1-3H3. The molecule has 18 heavy (non-hydrogen) atoms. The number of nitrogens with zero attached hydrogens (tertiary/aromatic N) is 1. The molecule has 1 N–H and O–H groups in total. The van der Waals surface area contributed by atoms with E-state index in [0.717, 1.165) is 5.56 Å². The second-order valence-electron chi connectivity index (χ2n) is 4.30. The summed E-state index contributed by atoms with van der Waals surface area (Å²) in [6.45, 7) is 3.96. The van der Waals surface area contributed by atoms with Crippen molar-refractivity contribution in [2.24, 2.45) is 0 Å². The Morgan fingerprint density at radius 2 is 2.00 bits per heavy atom. The van der Waals surface area contributed by atoms with E-state index in [1.807, 2.05) is 26.0 Å². The number of hydrogen-bond acceptors (Lipinski definition) is 4. The van der Waals surface area contributed by atoms with Crippen molar-refractivity contribution < 1.29 is 9.53 Å². The Labute approximate surface area is 108 Å². The maximum absolute atomic E-state index is 11.1. The van der Waals surface area contributed by atoms with Gasteiger partial charge in [-0.15, -0.1) is 0 Å². The molecule has 0 heterocycles. The first-order chi connectivity index (χ1) is 8.56. The number of rotatable bonds is 5. The van der Waals surface area contributed by atoms with E-state index < -0.39 is 0 Å². The van der Waals surface area contributed by atoms with Gasteiger partial charge in [-0.1, -0.05) is 12.1 Å². The van der Waals surface area contributed by atoms with Gasteiger partial charge < -0.3 is 10.1 Å². The lowest BCUT2D eigenvalue weighted by molar-refractivity contribution is -0.141. The molecular formula is C14H18N2O2. The number of carbonyl (C=O) groups excluding carboxylic acids is 1. The molecule has 0 aliphatic carbocycles. The zero-order valence-electron chi connectivity index (χ0n) is 10.9. The van der Waals surface area contributed by atoms with E-state index >= 15 is 0 Å². The lowest BCUT2D eigenvalue weighted by atomic mass is 10.1. The molecule has 1 rings (SSSR count). The molecule has 0 aliphatic heterocycles. The number of benzene rings is 1. The van der Waals surface area contributed by atoms with Crippen molar-refractivity contribution in [2.45, 2.75) is 32.4 Å². The van der Waals surface area contributed by atoms with Gasteiger partial charge in [0, 0.05) is 12.1 Å². The van der Waals surface area contributed by atoms with Gasteiger partial charge in [0.2, 0.25) is 0 Å². The van der Waals surface area contributed by atoms with E-state index in [1.165, 1.54) is 7.11 Å². The zero-order chi connectivity index (χ0) is 13.5. The number of esters is 1. The molecule has 2 unspecified atom stereocenters. The number of hydrogen-bond donors (Lipinski definition) is 1. The predicted octanol–water partition coefficient (Wildman–Crippen LogP) is 2.16. The molecule has 0 bridgehead atoms. The van der Waals surface area contributed by atoms with E-state index in [9.17, 15) is 4.79 Å². The Morgan fingerprint density at radius 1 is 1.39 bits per heavy atom. The van der Waals surface area contributed by atoms with Gasteiger partial charge in [-0.2, -0.15) is 5.26 Å². The van der Waals surface area contributed by atoms with Crippen LogP contribution in [0.4, 0.5) is 0 Å². The summed E-state index contributed by atoms with van der Waals surface area (Å²) in [6, 6.07) is 9.67. The van der Waals surface area contributed by atoms with Crippen LogP contribution in [0.15, 0.2) is 24.3 Å². The van der Waals surface area contributed by atoms with Gasteiger partial charge in [0.05, 0.1) is 25.2 Å². The fourth-order valence-corrected chi connectivity index (χ4v) is 1.76. The maximum atomic E-state index is 11.1. The summed E-state index contributed by atoms with van der Waals surface area (Å²) in [4.78, 5) is 11.1. The highest BCUT2D eigenvalue weighted by atomic mass is 16.5. The van der Waals surface area contributed by atoms with Gasteiger partial charge in [-0.3, -0.25) is 4.79 Å². The van der Waals surface area contributed by atoms with Crippen molar-refractivity contribution in [3.05, 3.63) is 35.4 Å². The summed E-state index contributed by atoms with van der Waals surface area (Å²) in [6.07, 6.45) is 0.344. The lowest BCUT2D eigenvalue weighted by Crippen LogP contribution is -2.31. The van der Waals surface area contributed by atoms with Crippen molar-refractivity contribution in [1.82, 2.24) is 5.32 Å². The number of methoxy groups -OCH3 is 1. The lowest BCUT2D eigenvalue weighted by Gasteiger charge is -2.19. The third-order valence-corrected chi connectivity index (χ3v) is 2.77. The van der Waals surface area contributed by atoms with Crippen molar-refractivity contribution in [2.75, 3.05) is 7.11 Å². The molecule has 0 radical (unpaired) electrons. The Kier molecular flexibility index (Phi) is 5.34. The summed E-state index contributed by atoms with van der Waals surface area (Å²) in [7, 11) is 1.39. The monoisotopic (exact) mass is 246 g/mol. The topological polar surface area (TPSA) is 62.1 Å². The molecule has 1 aromatic carbocycles. The van der Waals surface area contributed by atoms with Crippen LogP contribution in [-0.4, -0.2) is 19.1 Å². The van der Waals surface area contributed by atoms with Gasteiger partial charge in [0.25, 0.3) is 0 Å². The molecule has 2 atom stereocenters. The molecule has 1 aromatic rings. The fourth-order valence-electron chi connectivity index (χ4n) is 1.76. The Balaban J connectivity index is 2.56. The van der Waals surface area contributed by atoms with Crippen LogP contribution in [0.5, 0.6) is 0 Å². The predicted molar refractivity (Wildman–Crippen MR) is 68.8 cm³/mol. The maximum Gasteiger partial charge on any atom is 0.307 e. The highest BCUT2D eigenvalue weighted by Crippen LogP contribution is 2.14. The fraction of sp³-hybridized carbons (Fsp3) is 0.429. The van der Waals surface area contributed by atoms with Gasteiger partial charge in [0.1, 0.15) is 0 Å². The summed E-state index contributed by atoms with van der Waals surface area (Å²) >= 11 is 0. The van der Waals surface area contributed by atoms with E-state index in [1.54, 1.807) is 12.1 Å². The molecule has 0 aromatic heterocycles. The van der Waals surface area contributed by atoms with Gasteiger partial charge in [0.15, 0.2) is 0 Å². The average molecular weight is 246 g/mol. The van der Waals surface area contributed by atoms with Gasteiger partial charge >= 0.3 is 5.97 Å². The van der Waals surface area contributed by atoms with Crippen LogP contribution in [0.2, 0.25) is 0 Å². The van der Waals surface area contributed by atoms with E-state index in [0.29, 0.717) is 12.0 Å². The zero-order valence-corrected chi connectivity index (χ0v) is 10.9. The molecule has 96 valence electrons. The van der Waals surface area contributed by atoms with Crippen molar-refractivity contribution in [1.29, 1.82) is 5.26 Å². The molecule has 0 aliphatic rings. The molecule has 4 nitrogen and oxygen atoms in total. The summed E-state index contributed by atoms with van der Waals surface area (Å²) < 4.78 is 4.62. The number of nitrogens with one attached hydrogen (secondary N) is 1. The van der Waals surface area contributed by atoms with Crippen molar-refractivity contribution >= 4 is 5.97 Å². The Morgan fingerprint density at radius 3 is 2.50 bits per heavy atom. The van der Waals surface area contributed by atoms with E-state index in [-0.39, 0.29) is 18.1 Å². The highest BCUT2D eigenvalue weighted by molar-refractivity contribution is 5.69. The first kappa shape index (κ1) is 14.2. The van der Waals surface area contributed by atoms with Gasteiger partial charge in [-0.05, 0) is 31.5 Å². The van der Waals surface area contributed by atoms with Crippen molar-refractivity contribution in [3.8, 4) is 6.07 Å². The SMILES string of the molecule is COC(=O)CC(C)NC(C)c1ccc(C#N)cc1. The minimum atomic E-state index is -0.220. The third-order valence-electron chi connectivity index (χ3n) is 2.77. The molecule has 0 spiro atoms. The van der Waals surface area contributed by atoms with Crippen LogP contribution in [0.1, 0.15) is 37.4 Å². The summed E-state index contributed by atoms with van der Waals surface area (Å²) in [5, 5.41) is 12.0. The summed E-state index contributed by atoms with van der Waals surface area (Å²) in [5.74, 6) is -0.220. The highest BCUT2D eigenvalue weighted by Gasteiger charge is 2.13. The van der Waals surface area contributed by atoms with Crippen LogP contribution in [-0.2, 0) is 9.53 Å². The minimum Gasteiger partial charge on any atom is -0.469 e. The molecule has 0 fully saturated rings. The molecule has 0 saturated heterocycles. The smallest absolute Gasteiger partial charge is 0.307 e. The quantitative estimate of drug-likeness (QED) is 0.809. The normalized spacial score (nSPS) is 13.4. The molecule has 4 heteroatoms. The van der Waals surface area contributed by atoms with Crippen LogP contribution < -0.4 is 5.32 Å². The average Bonchev–Trinajstić information content (AvgIpc) is 2.38. The number of nitriles is 1. The van der Waals surface area contributed by atoms with Gasteiger partial charge in [-0.25, -0.2) is 0 Å². The minimum absolute atomic E-state index is 0.0445. The van der Waals surface area contributed by atoms with Crippen LogP contribution >= 0.6 is 0 Å². The van der Waals surface area contributed by atoms with Crippen molar-refractivity contribution in [3.63, 3.8) is 0 Å².